The molecule has 0 radical (unpaired) electrons. The van der Waals surface area contributed by atoms with Crippen LogP contribution in [0.2, 0.25) is 0 Å². The quantitative estimate of drug-likeness (QED) is 0.713. The van der Waals surface area contributed by atoms with Crippen molar-refractivity contribution in [1.82, 2.24) is 24.3 Å². The van der Waals surface area contributed by atoms with Crippen LogP contribution in [0.3, 0.4) is 0 Å². The van der Waals surface area contributed by atoms with E-state index >= 15 is 0 Å². The third kappa shape index (κ3) is 3.84. The summed E-state index contributed by atoms with van der Waals surface area (Å²) < 4.78 is 3.50. The lowest BCUT2D eigenvalue weighted by Crippen LogP contribution is -2.15. The van der Waals surface area contributed by atoms with Crippen molar-refractivity contribution in [2.45, 2.75) is 32.9 Å². The number of aromatic nitrogens is 5. The molecule has 8 heteroatoms. The Labute approximate surface area is 137 Å². The van der Waals surface area contributed by atoms with Gasteiger partial charge in [-0.15, -0.1) is 11.3 Å². The number of nitrogens with zero attached hydrogens (tertiary/aromatic N) is 5. The molecule has 7 nitrogen and oxygen atoms in total. The number of aryl methyl sites for hydroxylation is 3. The topological polar surface area (TPSA) is 85.8 Å². The lowest BCUT2D eigenvalue weighted by Gasteiger charge is -2.05. The first kappa shape index (κ1) is 15.4. The fraction of sp³-hybridized carbons (Fsp3) is 0.333. The molecule has 0 amide bonds. The minimum atomic E-state index is -0.919. The molecule has 3 rings (SSSR count). The summed E-state index contributed by atoms with van der Waals surface area (Å²) in [5.41, 5.74) is 0. The van der Waals surface area contributed by atoms with E-state index in [0.29, 0.717) is 31.0 Å². The molecule has 3 heterocycles. The number of thiophene rings is 1. The van der Waals surface area contributed by atoms with Crippen LogP contribution in [0.5, 0.6) is 0 Å². The third-order valence-corrected chi connectivity index (χ3v) is 4.37. The van der Waals surface area contributed by atoms with E-state index in [1.54, 1.807) is 17.5 Å². The van der Waals surface area contributed by atoms with E-state index in [9.17, 15) is 4.79 Å². The average Bonchev–Trinajstić information content (AvgIpc) is 3.20. The van der Waals surface area contributed by atoms with Crippen molar-refractivity contribution in [2.75, 3.05) is 0 Å². The molecule has 0 aliphatic rings. The fourth-order valence-electron chi connectivity index (χ4n) is 2.37. The Hall–Kier alpha value is -2.48. The minimum absolute atomic E-state index is 0.171. The van der Waals surface area contributed by atoms with Gasteiger partial charge in [-0.2, -0.15) is 5.10 Å². The van der Waals surface area contributed by atoms with Gasteiger partial charge in [0.2, 0.25) is 0 Å². The Morgan fingerprint density at radius 3 is 2.96 bits per heavy atom. The zero-order valence-corrected chi connectivity index (χ0v) is 13.5. The second-order valence-corrected chi connectivity index (χ2v) is 6.20. The number of carbonyl (C=O) groups is 1. The minimum Gasteiger partial charge on any atom is -0.480 e. The Morgan fingerprint density at radius 1 is 1.43 bits per heavy atom. The van der Waals surface area contributed by atoms with Crippen LogP contribution in [0.25, 0.3) is 0 Å². The van der Waals surface area contributed by atoms with Gasteiger partial charge in [0.25, 0.3) is 0 Å². The molecule has 0 unspecified atom stereocenters. The van der Waals surface area contributed by atoms with Crippen molar-refractivity contribution in [2.24, 2.45) is 0 Å². The molecule has 0 spiro atoms. The predicted octanol–water partition coefficient (Wildman–Crippen LogP) is 1.76. The maximum absolute atomic E-state index is 11.0. The van der Waals surface area contributed by atoms with Gasteiger partial charge in [-0.25, -0.2) is 14.6 Å². The van der Waals surface area contributed by atoms with E-state index in [0.717, 1.165) is 10.7 Å². The second kappa shape index (κ2) is 6.74. The predicted molar refractivity (Wildman–Crippen MR) is 85.5 cm³/mol. The van der Waals surface area contributed by atoms with Gasteiger partial charge < -0.3 is 9.67 Å². The van der Waals surface area contributed by atoms with Gasteiger partial charge in [0, 0.05) is 36.7 Å². The number of aliphatic carboxylic acids is 1. The maximum atomic E-state index is 11.0. The number of hydrogen-bond donors (Lipinski definition) is 1. The normalized spacial score (nSPS) is 11.0. The van der Waals surface area contributed by atoms with Gasteiger partial charge >= 0.3 is 5.97 Å². The molecule has 0 saturated heterocycles. The number of carboxylic acid groups (broad SMARTS) is 1. The third-order valence-electron chi connectivity index (χ3n) is 3.49. The van der Waals surface area contributed by atoms with Crippen LogP contribution in [0.1, 0.15) is 22.4 Å². The van der Waals surface area contributed by atoms with E-state index in [1.807, 2.05) is 35.2 Å². The smallest absolute Gasteiger partial charge is 0.325 e. The first-order valence-corrected chi connectivity index (χ1v) is 8.14. The summed E-state index contributed by atoms with van der Waals surface area (Å²) >= 11 is 1.64. The zero-order valence-electron chi connectivity index (χ0n) is 12.7. The largest absolute Gasteiger partial charge is 0.480 e. The molecular weight excluding hydrogens is 314 g/mol. The van der Waals surface area contributed by atoms with Crippen molar-refractivity contribution < 1.29 is 9.90 Å². The molecule has 3 aromatic rings. The van der Waals surface area contributed by atoms with Crippen LogP contribution in [0, 0.1) is 6.92 Å². The van der Waals surface area contributed by atoms with Crippen molar-refractivity contribution in [3.05, 3.63) is 52.3 Å². The van der Waals surface area contributed by atoms with E-state index in [2.05, 4.69) is 15.1 Å². The molecule has 1 N–H and O–H groups in total. The molecule has 0 saturated carbocycles. The molecule has 0 bridgehead atoms. The summed E-state index contributed by atoms with van der Waals surface area (Å²) in [7, 11) is 0. The first-order chi connectivity index (χ1) is 11.1. The molecule has 0 aliphatic heterocycles. The molecule has 23 heavy (non-hydrogen) atoms. The highest BCUT2D eigenvalue weighted by atomic mass is 32.1. The SMILES string of the molecule is Cc1nccn1CCc1nc(Cc2cccs2)nn1CC(=O)O. The second-order valence-electron chi connectivity index (χ2n) is 5.17. The summed E-state index contributed by atoms with van der Waals surface area (Å²) in [6, 6.07) is 4.01. The molecule has 0 atom stereocenters. The average molecular weight is 331 g/mol. The van der Waals surface area contributed by atoms with Crippen LogP contribution in [0.15, 0.2) is 29.9 Å². The molecule has 0 fully saturated rings. The zero-order chi connectivity index (χ0) is 16.2. The van der Waals surface area contributed by atoms with Gasteiger partial charge in [0.1, 0.15) is 18.2 Å². The van der Waals surface area contributed by atoms with E-state index in [-0.39, 0.29) is 6.54 Å². The van der Waals surface area contributed by atoms with E-state index in [1.165, 1.54) is 4.68 Å². The summed E-state index contributed by atoms with van der Waals surface area (Å²) in [5, 5.41) is 15.4. The molecule has 120 valence electrons. The van der Waals surface area contributed by atoms with Crippen LogP contribution in [-0.2, 0) is 30.7 Å². The van der Waals surface area contributed by atoms with Crippen molar-refractivity contribution in [1.29, 1.82) is 0 Å². The maximum Gasteiger partial charge on any atom is 0.325 e. The summed E-state index contributed by atoms with van der Waals surface area (Å²) in [5.74, 6) is 1.35. The molecular formula is C15H17N5O2S. The van der Waals surface area contributed by atoms with Crippen LogP contribution in [0.4, 0.5) is 0 Å². The summed E-state index contributed by atoms with van der Waals surface area (Å²) in [6.45, 7) is 2.46. The Balaban J connectivity index is 1.77. The van der Waals surface area contributed by atoms with Crippen LogP contribution >= 0.6 is 11.3 Å². The number of rotatable bonds is 7. The van der Waals surface area contributed by atoms with Crippen LogP contribution in [-0.4, -0.2) is 35.4 Å². The van der Waals surface area contributed by atoms with Gasteiger partial charge in [0.15, 0.2) is 5.82 Å². The van der Waals surface area contributed by atoms with E-state index in [4.69, 9.17) is 5.11 Å². The Kier molecular flexibility index (Phi) is 4.52. The molecule has 0 aliphatic carbocycles. The summed E-state index contributed by atoms with van der Waals surface area (Å²) in [4.78, 5) is 20.9. The van der Waals surface area contributed by atoms with Gasteiger partial charge in [0.05, 0.1) is 0 Å². The molecule has 0 aromatic carbocycles. The first-order valence-electron chi connectivity index (χ1n) is 7.26. The highest BCUT2D eigenvalue weighted by Gasteiger charge is 2.13. The monoisotopic (exact) mass is 331 g/mol. The number of imidazole rings is 1. The molecule has 3 aromatic heterocycles. The highest BCUT2D eigenvalue weighted by molar-refractivity contribution is 7.09. The van der Waals surface area contributed by atoms with E-state index < -0.39 is 5.97 Å². The fourth-order valence-corrected chi connectivity index (χ4v) is 3.07. The highest BCUT2D eigenvalue weighted by Crippen LogP contribution is 2.13. The lowest BCUT2D eigenvalue weighted by molar-refractivity contribution is -0.137. The number of hydrogen-bond acceptors (Lipinski definition) is 5. The van der Waals surface area contributed by atoms with Gasteiger partial charge in [-0.05, 0) is 18.4 Å². The number of carboxylic acids is 1. The van der Waals surface area contributed by atoms with Crippen molar-refractivity contribution in [3.63, 3.8) is 0 Å². The van der Waals surface area contributed by atoms with Crippen LogP contribution < -0.4 is 0 Å². The van der Waals surface area contributed by atoms with Gasteiger partial charge in [-0.1, -0.05) is 6.07 Å². The lowest BCUT2D eigenvalue weighted by atomic mass is 10.3. The standard InChI is InChI=1S/C15H17N5O2S/c1-11-16-5-7-19(11)6-4-14-17-13(9-12-3-2-8-23-12)18-20(14)10-15(21)22/h2-3,5,7-8H,4,6,9-10H2,1H3,(H,21,22). The summed E-state index contributed by atoms with van der Waals surface area (Å²) in [6.07, 6.45) is 4.89. The van der Waals surface area contributed by atoms with Crippen molar-refractivity contribution >= 4 is 17.3 Å². The Bertz CT molecular complexity index is 791. The van der Waals surface area contributed by atoms with Gasteiger partial charge in [-0.3, -0.25) is 4.79 Å². The Morgan fingerprint density at radius 2 is 2.30 bits per heavy atom. The van der Waals surface area contributed by atoms with Crippen molar-refractivity contribution in [3.8, 4) is 0 Å².